The Hall–Kier alpha value is -2.90. The van der Waals surface area contributed by atoms with Crippen LogP contribution in [-0.2, 0) is 19.1 Å². The first-order chi connectivity index (χ1) is 13.4. The number of amides is 4. The summed E-state index contributed by atoms with van der Waals surface area (Å²) in [6.07, 6.45) is 3.93. The van der Waals surface area contributed by atoms with E-state index in [1.165, 1.54) is 0 Å². The van der Waals surface area contributed by atoms with Crippen molar-refractivity contribution in [1.82, 2.24) is 15.5 Å². The first kappa shape index (κ1) is 19.9. The van der Waals surface area contributed by atoms with Crippen LogP contribution in [0.15, 0.2) is 30.3 Å². The van der Waals surface area contributed by atoms with E-state index in [1.807, 2.05) is 37.3 Å². The van der Waals surface area contributed by atoms with Gasteiger partial charge in [0.2, 0.25) is 0 Å². The number of urea groups is 1. The quantitative estimate of drug-likeness (QED) is 0.571. The summed E-state index contributed by atoms with van der Waals surface area (Å²) in [6.45, 7) is 0.866. The fourth-order valence-corrected chi connectivity index (χ4v) is 3.74. The monoisotopic (exact) mass is 387 g/mol. The van der Waals surface area contributed by atoms with Crippen LogP contribution in [0.2, 0.25) is 0 Å². The maximum absolute atomic E-state index is 12.6. The van der Waals surface area contributed by atoms with Crippen LogP contribution in [0.5, 0.6) is 0 Å². The number of benzene rings is 1. The predicted octanol–water partition coefficient (Wildman–Crippen LogP) is 1.66. The fraction of sp³-hybridized carbons (Fsp3) is 0.500. The maximum Gasteiger partial charge on any atom is 0.326 e. The highest BCUT2D eigenvalue weighted by Gasteiger charge is 2.51. The van der Waals surface area contributed by atoms with Gasteiger partial charge in [0.1, 0.15) is 12.1 Å². The van der Waals surface area contributed by atoms with Gasteiger partial charge in [-0.1, -0.05) is 49.6 Å². The largest absolute Gasteiger partial charge is 0.454 e. The van der Waals surface area contributed by atoms with E-state index in [0.29, 0.717) is 12.8 Å². The summed E-state index contributed by atoms with van der Waals surface area (Å²) in [4.78, 5) is 49.7. The Bertz CT molecular complexity index is 758. The van der Waals surface area contributed by atoms with Crippen LogP contribution in [0, 0.1) is 0 Å². The number of nitrogens with zero attached hydrogens (tertiary/aromatic N) is 1. The minimum absolute atomic E-state index is 0.232. The minimum atomic E-state index is -0.877. The lowest BCUT2D eigenvalue weighted by Gasteiger charge is -2.30. The Morgan fingerprint density at radius 2 is 1.86 bits per heavy atom. The number of nitrogens with one attached hydrogen (secondary N) is 2. The zero-order chi connectivity index (χ0) is 20.1. The fourth-order valence-electron chi connectivity index (χ4n) is 3.74. The highest BCUT2D eigenvalue weighted by Crippen LogP contribution is 2.33. The van der Waals surface area contributed by atoms with Gasteiger partial charge >= 0.3 is 12.0 Å². The molecule has 0 bridgehead atoms. The molecule has 1 aromatic carbocycles. The first-order valence-corrected chi connectivity index (χ1v) is 9.55. The number of rotatable bonds is 6. The van der Waals surface area contributed by atoms with E-state index >= 15 is 0 Å². The van der Waals surface area contributed by atoms with E-state index in [2.05, 4.69) is 10.6 Å². The van der Waals surface area contributed by atoms with Gasteiger partial charge in [-0.25, -0.2) is 4.79 Å². The molecule has 150 valence electrons. The zero-order valence-corrected chi connectivity index (χ0v) is 15.9. The molecular formula is C20H25N3O5. The van der Waals surface area contributed by atoms with E-state index < -0.39 is 36.6 Å². The molecule has 2 aliphatic rings. The van der Waals surface area contributed by atoms with E-state index in [1.54, 1.807) is 0 Å². The van der Waals surface area contributed by atoms with Crippen molar-refractivity contribution < 1.29 is 23.9 Å². The number of ether oxygens (including phenoxy) is 1. The number of imide groups is 1. The van der Waals surface area contributed by atoms with E-state index in [0.717, 1.165) is 29.7 Å². The van der Waals surface area contributed by atoms with E-state index in [9.17, 15) is 19.2 Å². The summed E-state index contributed by atoms with van der Waals surface area (Å²) in [7, 11) is 0. The average molecular weight is 387 g/mol. The molecule has 8 heteroatoms. The molecule has 1 aromatic rings. The summed E-state index contributed by atoms with van der Waals surface area (Å²) >= 11 is 0. The van der Waals surface area contributed by atoms with Gasteiger partial charge in [-0.15, -0.1) is 0 Å². The molecule has 0 unspecified atom stereocenters. The molecule has 28 heavy (non-hydrogen) atoms. The van der Waals surface area contributed by atoms with Crippen LogP contribution in [0.25, 0.3) is 0 Å². The summed E-state index contributed by atoms with van der Waals surface area (Å²) in [5, 5.41) is 5.47. The number of hydrogen-bond acceptors (Lipinski definition) is 5. The Balaban J connectivity index is 1.47. The van der Waals surface area contributed by atoms with E-state index in [4.69, 9.17) is 4.74 Å². The number of carbonyl (C=O) groups excluding carboxylic acids is 4. The lowest BCUT2D eigenvalue weighted by molar-refractivity contribution is -0.151. The second-order valence-corrected chi connectivity index (χ2v) is 7.32. The van der Waals surface area contributed by atoms with Crippen molar-refractivity contribution in [2.75, 3.05) is 13.2 Å². The van der Waals surface area contributed by atoms with Crippen LogP contribution in [0.1, 0.15) is 50.6 Å². The van der Waals surface area contributed by atoms with Gasteiger partial charge in [0.25, 0.3) is 11.8 Å². The number of esters is 1. The van der Waals surface area contributed by atoms with Crippen molar-refractivity contribution >= 4 is 23.8 Å². The Morgan fingerprint density at radius 3 is 2.54 bits per heavy atom. The molecule has 1 saturated heterocycles. The van der Waals surface area contributed by atoms with Gasteiger partial charge in [0, 0.05) is 0 Å². The van der Waals surface area contributed by atoms with Crippen molar-refractivity contribution in [2.45, 2.75) is 50.6 Å². The van der Waals surface area contributed by atoms with Crippen molar-refractivity contribution in [3.05, 3.63) is 35.9 Å². The van der Waals surface area contributed by atoms with E-state index in [-0.39, 0.29) is 11.9 Å². The average Bonchev–Trinajstić information content (AvgIpc) is 2.91. The molecule has 1 saturated carbocycles. The zero-order valence-electron chi connectivity index (χ0n) is 15.9. The van der Waals surface area contributed by atoms with Crippen molar-refractivity contribution in [2.24, 2.45) is 0 Å². The second-order valence-electron chi connectivity index (χ2n) is 7.32. The molecular weight excluding hydrogens is 362 g/mol. The molecule has 3 rings (SSSR count). The van der Waals surface area contributed by atoms with Gasteiger partial charge in [-0.3, -0.25) is 19.3 Å². The third-order valence-electron chi connectivity index (χ3n) is 5.28. The topological polar surface area (TPSA) is 105 Å². The standard InChI is InChI=1S/C20H25N3O5/c1-14(15-8-4-2-5-9-15)21-16(24)13-28-17(25)12-23-18(26)20(22-19(23)27)10-6-3-7-11-20/h2,4-5,8-9,14H,3,6-7,10-13H2,1H3,(H,21,24)(H,22,27)/t14-/m0/s1. The van der Waals surface area contributed by atoms with Crippen molar-refractivity contribution in [1.29, 1.82) is 0 Å². The SMILES string of the molecule is C[C@H](NC(=O)COC(=O)CN1C(=O)NC2(CCCCC2)C1=O)c1ccccc1. The van der Waals surface area contributed by atoms with Gasteiger partial charge in [-0.05, 0) is 25.3 Å². The minimum Gasteiger partial charge on any atom is -0.454 e. The summed E-state index contributed by atoms with van der Waals surface area (Å²) in [5.74, 6) is -1.62. The van der Waals surface area contributed by atoms with Crippen molar-refractivity contribution in [3.63, 3.8) is 0 Å². The number of hydrogen-bond donors (Lipinski definition) is 2. The molecule has 1 aliphatic heterocycles. The molecule has 2 fully saturated rings. The molecule has 0 aromatic heterocycles. The van der Waals surface area contributed by atoms with Crippen LogP contribution in [0.3, 0.4) is 0 Å². The van der Waals surface area contributed by atoms with Crippen LogP contribution >= 0.6 is 0 Å². The first-order valence-electron chi connectivity index (χ1n) is 9.55. The lowest BCUT2D eigenvalue weighted by Crippen LogP contribution is -2.48. The highest BCUT2D eigenvalue weighted by atomic mass is 16.5. The third-order valence-corrected chi connectivity index (χ3v) is 5.28. The molecule has 8 nitrogen and oxygen atoms in total. The van der Waals surface area contributed by atoms with Gasteiger partial charge in [-0.2, -0.15) is 0 Å². The number of carbonyl (C=O) groups is 4. The maximum atomic E-state index is 12.6. The lowest BCUT2D eigenvalue weighted by atomic mass is 9.82. The molecule has 2 N–H and O–H groups in total. The summed E-state index contributed by atoms with van der Waals surface area (Å²) in [6, 6.07) is 8.58. The van der Waals surface area contributed by atoms with Crippen LogP contribution in [-0.4, -0.2) is 47.4 Å². The molecule has 0 radical (unpaired) electrons. The molecule has 1 aliphatic carbocycles. The Kier molecular flexibility index (Phi) is 5.96. The Labute approximate surface area is 163 Å². The van der Waals surface area contributed by atoms with Crippen LogP contribution < -0.4 is 10.6 Å². The molecule has 1 spiro atoms. The predicted molar refractivity (Wildman–Crippen MR) is 100 cm³/mol. The van der Waals surface area contributed by atoms with Crippen molar-refractivity contribution in [3.8, 4) is 0 Å². The molecule has 4 amide bonds. The Morgan fingerprint density at radius 1 is 1.18 bits per heavy atom. The van der Waals surface area contributed by atoms with Gasteiger partial charge in [0.15, 0.2) is 6.61 Å². The van der Waals surface area contributed by atoms with Gasteiger partial charge in [0.05, 0.1) is 6.04 Å². The summed E-state index contributed by atoms with van der Waals surface area (Å²) in [5.41, 5.74) is 0.0530. The summed E-state index contributed by atoms with van der Waals surface area (Å²) < 4.78 is 4.95. The normalized spacial score (nSPS) is 19.2. The van der Waals surface area contributed by atoms with Crippen LogP contribution in [0.4, 0.5) is 4.79 Å². The second kappa shape index (κ2) is 8.41. The molecule has 1 atom stereocenters. The molecule has 1 heterocycles. The highest BCUT2D eigenvalue weighted by molar-refractivity contribution is 6.08. The third kappa shape index (κ3) is 4.32. The van der Waals surface area contributed by atoms with Gasteiger partial charge < -0.3 is 15.4 Å². The smallest absolute Gasteiger partial charge is 0.326 e.